The average molecular weight is 578 g/mol. The van der Waals surface area contributed by atoms with Crippen molar-refractivity contribution in [1.29, 1.82) is 0 Å². The second kappa shape index (κ2) is 13.8. The van der Waals surface area contributed by atoms with Crippen molar-refractivity contribution in [1.82, 2.24) is 14.8 Å². The Hall–Kier alpha value is -4.98. The predicted octanol–water partition coefficient (Wildman–Crippen LogP) is 7.43. The summed E-state index contributed by atoms with van der Waals surface area (Å²) in [5.41, 5.74) is 5.56. The molecule has 0 saturated heterocycles. The number of rotatable bonds is 13. The van der Waals surface area contributed by atoms with E-state index in [2.05, 4.69) is 78.7 Å². The van der Waals surface area contributed by atoms with Gasteiger partial charge < -0.3 is 24.4 Å². The molecule has 0 amide bonds. The number of benzene rings is 4. The Balaban J connectivity index is 1.53. The lowest BCUT2D eigenvalue weighted by molar-refractivity contribution is 0.414. The minimum Gasteiger partial charge on any atom is -0.497 e. The minimum absolute atomic E-state index is 0.419. The highest BCUT2D eigenvalue weighted by Gasteiger charge is 2.19. The summed E-state index contributed by atoms with van der Waals surface area (Å²) in [6.07, 6.45) is 0. The van der Waals surface area contributed by atoms with Gasteiger partial charge in [-0.3, -0.25) is 0 Å². The van der Waals surface area contributed by atoms with Crippen LogP contribution in [0.5, 0.6) is 17.2 Å². The smallest absolute Gasteiger partial charge is 0.248 e. The van der Waals surface area contributed by atoms with Gasteiger partial charge >= 0.3 is 0 Å². The van der Waals surface area contributed by atoms with Crippen molar-refractivity contribution in [3.8, 4) is 17.2 Å². The first kappa shape index (κ1) is 29.5. The summed E-state index contributed by atoms with van der Waals surface area (Å²) in [5.74, 6) is 4.17. The van der Waals surface area contributed by atoms with Gasteiger partial charge in [0.1, 0.15) is 17.2 Å². The number of hydrogen-bond acceptors (Lipinski definition) is 7. The molecular weight excluding hydrogens is 538 g/mol. The van der Waals surface area contributed by atoms with Crippen LogP contribution >= 0.6 is 0 Å². The van der Waals surface area contributed by atoms with Crippen molar-refractivity contribution in [2.45, 2.75) is 39.4 Å². The molecule has 1 N–H and O–H groups in total. The predicted molar refractivity (Wildman–Crippen MR) is 172 cm³/mol. The Morgan fingerprint density at radius 1 is 0.698 bits per heavy atom. The van der Waals surface area contributed by atoms with E-state index < -0.39 is 0 Å². The highest BCUT2D eigenvalue weighted by atomic mass is 16.5. The van der Waals surface area contributed by atoms with Crippen LogP contribution in [0.2, 0.25) is 0 Å². The molecular formula is C35H39N5O3. The number of ether oxygens (including phenoxy) is 3. The lowest BCUT2D eigenvalue weighted by atomic mass is 10.0. The summed E-state index contributed by atoms with van der Waals surface area (Å²) < 4.78 is 18.1. The monoisotopic (exact) mass is 577 g/mol. The highest BCUT2D eigenvalue weighted by Crippen LogP contribution is 2.26. The van der Waals surface area contributed by atoms with Gasteiger partial charge in [-0.1, -0.05) is 62.4 Å². The second-order valence-corrected chi connectivity index (χ2v) is 10.7. The number of anilines is 3. The van der Waals surface area contributed by atoms with Crippen LogP contribution in [0.15, 0.2) is 97.1 Å². The maximum absolute atomic E-state index is 5.39. The molecule has 8 heteroatoms. The van der Waals surface area contributed by atoms with E-state index in [1.807, 2.05) is 47.1 Å². The third kappa shape index (κ3) is 7.65. The quantitative estimate of drug-likeness (QED) is 0.156. The molecule has 5 aromatic rings. The van der Waals surface area contributed by atoms with Crippen molar-refractivity contribution >= 4 is 17.6 Å². The maximum atomic E-state index is 5.39. The zero-order chi connectivity index (χ0) is 30.2. The Morgan fingerprint density at radius 2 is 1.21 bits per heavy atom. The number of nitrogens with zero attached hydrogens (tertiary/aromatic N) is 4. The van der Waals surface area contributed by atoms with Crippen molar-refractivity contribution in [2.75, 3.05) is 31.5 Å². The zero-order valence-electron chi connectivity index (χ0n) is 25.4. The largest absolute Gasteiger partial charge is 0.497 e. The Kier molecular flexibility index (Phi) is 9.46. The van der Waals surface area contributed by atoms with Gasteiger partial charge in [-0.2, -0.15) is 4.98 Å². The van der Waals surface area contributed by atoms with Crippen molar-refractivity contribution < 1.29 is 14.2 Å². The summed E-state index contributed by atoms with van der Waals surface area (Å²) in [6, 6.07) is 32.7. The molecule has 1 aromatic heterocycles. The van der Waals surface area contributed by atoms with Crippen LogP contribution in [-0.2, 0) is 19.6 Å². The van der Waals surface area contributed by atoms with Crippen LogP contribution in [0.1, 0.15) is 42.0 Å². The summed E-state index contributed by atoms with van der Waals surface area (Å²) in [7, 11) is 5.03. The van der Waals surface area contributed by atoms with Crippen molar-refractivity contribution in [3.63, 3.8) is 0 Å². The summed E-state index contributed by atoms with van der Waals surface area (Å²) in [5, 5.41) is 8.41. The van der Waals surface area contributed by atoms with E-state index in [0.29, 0.717) is 31.5 Å². The normalized spacial score (nSPS) is 10.9. The second-order valence-electron chi connectivity index (χ2n) is 10.7. The molecule has 0 aliphatic rings. The molecule has 0 unspecified atom stereocenters. The molecule has 0 bridgehead atoms. The van der Waals surface area contributed by atoms with Gasteiger partial charge in [0.25, 0.3) is 0 Å². The topological polar surface area (TPSA) is 73.7 Å². The van der Waals surface area contributed by atoms with E-state index in [0.717, 1.165) is 45.6 Å². The first-order valence-electron chi connectivity index (χ1n) is 14.4. The fourth-order valence-electron chi connectivity index (χ4n) is 4.84. The van der Waals surface area contributed by atoms with Gasteiger partial charge in [0, 0.05) is 18.8 Å². The first-order chi connectivity index (χ1) is 20.9. The molecule has 1 heterocycles. The van der Waals surface area contributed by atoms with E-state index >= 15 is 0 Å². The molecule has 0 spiro atoms. The van der Waals surface area contributed by atoms with Crippen LogP contribution in [0.4, 0.5) is 17.6 Å². The van der Waals surface area contributed by atoms with Crippen molar-refractivity contribution in [3.05, 3.63) is 119 Å². The van der Waals surface area contributed by atoms with E-state index in [1.54, 1.807) is 21.3 Å². The van der Waals surface area contributed by atoms with E-state index in [1.165, 1.54) is 5.56 Å². The van der Waals surface area contributed by atoms with Gasteiger partial charge in [0.2, 0.25) is 11.9 Å². The number of methoxy groups -OCH3 is 3. The maximum Gasteiger partial charge on any atom is 0.248 e. The molecule has 43 heavy (non-hydrogen) atoms. The highest BCUT2D eigenvalue weighted by molar-refractivity contribution is 5.56. The minimum atomic E-state index is 0.419. The Labute approximate surface area is 253 Å². The van der Waals surface area contributed by atoms with Crippen molar-refractivity contribution in [2.24, 2.45) is 0 Å². The van der Waals surface area contributed by atoms with Gasteiger partial charge in [-0.15, -0.1) is 5.10 Å². The zero-order valence-corrected chi connectivity index (χ0v) is 25.4. The standard InChI is InChI=1S/C35H39N5O3/c1-25(2)29-7-6-8-30(21-29)36-34-37-35(40(38-34)24-28-13-19-33(43-5)20-14-28)39(22-26-9-15-31(41-3)16-10-26)23-27-11-17-32(42-4)18-12-27/h6-21,25H,22-24H2,1-5H3,(H,36,38). The molecule has 0 aliphatic carbocycles. The van der Waals surface area contributed by atoms with E-state index in [-0.39, 0.29) is 0 Å². The van der Waals surface area contributed by atoms with Gasteiger partial charge in [0.15, 0.2) is 0 Å². The molecule has 0 aliphatic heterocycles. The summed E-state index contributed by atoms with van der Waals surface area (Å²) >= 11 is 0. The van der Waals surface area contributed by atoms with Crippen LogP contribution in [-0.4, -0.2) is 36.1 Å². The third-order valence-corrected chi connectivity index (χ3v) is 7.30. The fraction of sp³-hybridized carbons (Fsp3) is 0.257. The SMILES string of the molecule is COc1ccc(CN(Cc2ccc(OC)cc2)c2nc(Nc3cccc(C(C)C)c3)nn2Cc2ccc(OC)cc2)cc1. The lowest BCUT2D eigenvalue weighted by Crippen LogP contribution is -2.26. The molecule has 0 fully saturated rings. The van der Waals surface area contributed by atoms with Crippen LogP contribution in [0.25, 0.3) is 0 Å². The van der Waals surface area contributed by atoms with Crippen LogP contribution in [0.3, 0.4) is 0 Å². The molecule has 0 radical (unpaired) electrons. The Bertz CT molecular complexity index is 1550. The lowest BCUT2D eigenvalue weighted by Gasteiger charge is -2.24. The number of nitrogens with one attached hydrogen (secondary N) is 1. The molecule has 8 nitrogen and oxygen atoms in total. The van der Waals surface area contributed by atoms with Crippen LogP contribution < -0.4 is 24.4 Å². The molecule has 4 aromatic carbocycles. The van der Waals surface area contributed by atoms with E-state index in [4.69, 9.17) is 24.3 Å². The summed E-state index contributed by atoms with van der Waals surface area (Å²) in [4.78, 5) is 7.31. The van der Waals surface area contributed by atoms with E-state index in [9.17, 15) is 0 Å². The Morgan fingerprint density at radius 3 is 1.70 bits per heavy atom. The van der Waals surface area contributed by atoms with Crippen LogP contribution in [0, 0.1) is 0 Å². The molecule has 0 saturated carbocycles. The van der Waals surface area contributed by atoms with Gasteiger partial charge in [0.05, 0.1) is 27.9 Å². The van der Waals surface area contributed by atoms with Gasteiger partial charge in [-0.25, -0.2) is 4.68 Å². The number of hydrogen-bond donors (Lipinski definition) is 1. The molecule has 222 valence electrons. The fourth-order valence-corrected chi connectivity index (χ4v) is 4.84. The third-order valence-electron chi connectivity index (χ3n) is 7.30. The molecule has 0 atom stereocenters. The van der Waals surface area contributed by atoms with Gasteiger partial charge in [-0.05, 0) is 76.7 Å². The average Bonchev–Trinajstić information content (AvgIpc) is 3.43. The number of aromatic nitrogens is 3. The molecule has 5 rings (SSSR count). The first-order valence-corrected chi connectivity index (χ1v) is 14.4. The summed E-state index contributed by atoms with van der Waals surface area (Å²) in [6.45, 7) is 6.17.